The second-order valence-corrected chi connectivity index (χ2v) is 4.53. The van der Waals surface area contributed by atoms with Crippen molar-refractivity contribution in [3.05, 3.63) is 23.3 Å². The van der Waals surface area contributed by atoms with Crippen LogP contribution in [0, 0.1) is 13.8 Å². The first-order chi connectivity index (χ1) is 8.04. The van der Waals surface area contributed by atoms with Crippen molar-refractivity contribution in [2.45, 2.75) is 33.1 Å². The summed E-state index contributed by atoms with van der Waals surface area (Å²) >= 11 is 5.55. The van der Waals surface area contributed by atoms with Gasteiger partial charge in [-0.1, -0.05) is 0 Å². The Kier molecular flexibility index (Phi) is 5.29. The van der Waals surface area contributed by atoms with Gasteiger partial charge in [0.25, 0.3) is 0 Å². The number of aromatic hydroxyl groups is 1. The normalized spacial score (nSPS) is 10.3. The predicted molar refractivity (Wildman–Crippen MR) is 70.8 cm³/mol. The molecule has 0 saturated heterocycles. The van der Waals surface area contributed by atoms with Crippen LogP contribution in [-0.2, 0) is 4.79 Å². The maximum absolute atomic E-state index is 11.6. The lowest BCUT2D eigenvalue weighted by molar-refractivity contribution is -0.116. The summed E-state index contributed by atoms with van der Waals surface area (Å²) < 4.78 is 0. The first-order valence-corrected chi connectivity index (χ1v) is 6.24. The Hall–Kier alpha value is -1.22. The minimum Gasteiger partial charge on any atom is -0.508 e. The number of carbonyl (C=O) groups excluding carboxylic acids is 1. The highest BCUT2D eigenvalue weighted by Crippen LogP contribution is 2.25. The van der Waals surface area contributed by atoms with Crippen molar-refractivity contribution in [2.75, 3.05) is 11.2 Å². The molecule has 4 heteroatoms. The van der Waals surface area contributed by atoms with E-state index in [1.807, 2.05) is 6.92 Å². The lowest BCUT2D eigenvalue weighted by Crippen LogP contribution is -2.12. The smallest absolute Gasteiger partial charge is 0.224 e. The number of nitrogens with one attached hydrogen (secondary N) is 1. The molecule has 1 amide bonds. The largest absolute Gasteiger partial charge is 0.508 e. The zero-order chi connectivity index (χ0) is 12.8. The average Bonchev–Trinajstić information content (AvgIpc) is 2.26. The molecule has 0 aromatic heterocycles. The Morgan fingerprint density at radius 3 is 2.65 bits per heavy atom. The van der Waals surface area contributed by atoms with E-state index < -0.39 is 0 Å². The number of rotatable bonds is 5. The van der Waals surface area contributed by atoms with Crippen LogP contribution in [0.3, 0.4) is 0 Å². The van der Waals surface area contributed by atoms with E-state index in [2.05, 4.69) is 5.32 Å². The van der Waals surface area contributed by atoms with Crippen LogP contribution in [0.25, 0.3) is 0 Å². The van der Waals surface area contributed by atoms with E-state index in [1.54, 1.807) is 19.1 Å². The molecule has 0 unspecified atom stereocenters. The van der Waals surface area contributed by atoms with Gasteiger partial charge in [0.05, 0.1) is 0 Å². The Balaban J connectivity index is 2.62. The topological polar surface area (TPSA) is 49.3 Å². The van der Waals surface area contributed by atoms with E-state index in [9.17, 15) is 9.90 Å². The van der Waals surface area contributed by atoms with Gasteiger partial charge in [-0.05, 0) is 49.9 Å². The fourth-order valence-corrected chi connectivity index (χ4v) is 1.72. The standard InChI is InChI=1S/C13H18ClNO2/c1-9-8-12(16)10(2)7-11(9)15-13(17)5-3-4-6-14/h7-8,16H,3-6H2,1-2H3,(H,15,17). The lowest BCUT2D eigenvalue weighted by atomic mass is 10.1. The van der Waals surface area contributed by atoms with E-state index in [1.165, 1.54) is 0 Å². The molecule has 0 fully saturated rings. The maximum atomic E-state index is 11.6. The van der Waals surface area contributed by atoms with Gasteiger partial charge < -0.3 is 10.4 Å². The van der Waals surface area contributed by atoms with E-state index in [-0.39, 0.29) is 11.7 Å². The molecule has 94 valence electrons. The molecule has 0 aliphatic carbocycles. The van der Waals surface area contributed by atoms with Crippen LogP contribution in [0.5, 0.6) is 5.75 Å². The fraction of sp³-hybridized carbons (Fsp3) is 0.462. The second kappa shape index (κ2) is 6.50. The summed E-state index contributed by atoms with van der Waals surface area (Å²) in [6.45, 7) is 3.66. The molecule has 0 bridgehead atoms. The quantitative estimate of drug-likeness (QED) is 0.482. The highest BCUT2D eigenvalue weighted by atomic mass is 35.5. The Labute approximate surface area is 107 Å². The van der Waals surface area contributed by atoms with Gasteiger partial charge in [0.1, 0.15) is 5.75 Å². The molecule has 17 heavy (non-hydrogen) atoms. The maximum Gasteiger partial charge on any atom is 0.224 e. The summed E-state index contributed by atoms with van der Waals surface area (Å²) in [7, 11) is 0. The molecule has 0 aliphatic heterocycles. The molecule has 0 aliphatic rings. The minimum absolute atomic E-state index is 0.0108. The number of anilines is 1. The van der Waals surface area contributed by atoms with Crippen molar-refractivity contribution < 1.29 is 9.90 Å². The number of alkyl halides is 1. The second-order valence-electron chi connectivity index (χ2n) is 4.15. The molecule has 0 saturated carbocycles. The number of halogens is 1. The van der Waals surface area contributed by atoms with Crippen LogP contribution in [0.1, 0.15) is 30.4 Å². The number of phenols is 1. The third kappa shape index (κ3) is 4.27. The summed E-state index contributed by atoms with van der Waals surface area (Å²) in [6, 6.07) is 3.44. The number of hydrogen-bond acceptors (Lipinski definition) is 2. The van der Waals surface area contributed by atoms with Crippen molar-refractivity contribution in [1.82, 2.24) is 0 Å². The summed E-state index contributed by atoms with van der Waals surface area (Å²) in [6.07, 6.45) is 2.13. The van der Waals surface area contributed by atoms with Crippen LogP contribution in [0.4, 0.5) is 5.69 Å². The van der Waals surface area contributed by atoms with Gasteiger partial charge in [-0.2, -0.15) is 0 Å². The van der Waals surface area contributed by atoms with Gasteiger partial charge >= 0.3 is 0 Å². The predicted octanol–water partition coefficient (Wildman–Crippen LogP) is 3.36. The van der Waals surface area contributed by atoms with Crippen molar-refractivity contribution in [3.63, 3.8) is 0 Å². The van der Waals surface area contributed by atoms with Gasteiger partial charge in [0, 0.05) is 18.0 Å². The van der Waals surface area contributed by atoms with Crippen LogP contribution in [-0.4, -0.2) is 16.9 Å². The third-order valence-electron chi connectivity index (χ3n) is 2.60. The average molecular weight is 256 g/mol. The number of benzene rings is 1. The molecule has 0 heterocycles. The van der Waals surface area contributed by atoms with Crippen molar-refractivity contribution in [3.8, 4) is 5.75 Å². The SMILES string of the molecule is Cc1cc(NC(=O)CCCCCl)c(C)cc1O. The molecule has 0 spiro atoms. The van der Waals surface area contributed by atoms with Gasteiger partial charge in [-0.15, -0.1) is 11.6 Å². The summed E-state index contributed by atoms with van der Waals surface area (Å²) in [5.74, 6) is 0.830. The number of phenolic OH excluding ortho intramolecular Hbond substituents is 1. The first kappa shape index (κ1) is 13.8. The highest BCUT2D eigenvalue weighted by Gasteiger charge is 2.07. The van der Waals surface area contributed by atoms with Crippen molar-refractivity contribution in [2.24, 2.45) is 0 Å². The molecule has 3 nitrogen and oxygen atoms in total. The summed E-state index contributed by atoms with van der Waals surface area (Å²) in [5.41, 5.74) is 2.38. The van der Waals surface area contributed by atoms with E-state index in [0.29, 0.717) is 12.3 Å². The molecule has 1 aromatic carbocycles. The first-order valence-electron chi connectivity index (χ1n) is 5.70. The number of aryl methyl sites for hydroxylation is 2. The number of carbonyl (C=O) groups is 1. The molecule has 0 atom stereocenters. The highest BCUT2D eigenvalue weighted by molar-refractivity contribution is 6.17. The van der Waals surface area contributed by atoms with Gasteiger partial charge in [-0.25, -0.2) is 0 Å². The summed E-state index contributed by atoms with van der Waals surface area (Å²) in [5, 5.41) is 12.3. The van der Waals surface area contributed by atoms with E-state index >= 15 is 0 Å². The molecule has 0 radical (unpaired) electrons. The van der Waals surface area contributed by atoms with Crippen molar-refractivity contribution >= 4 is 23.2 Å². The zero-order valence-corrected chi connectivity index (χ0v) is 11.0. The summed E-state index contributed by atoms with van der Waals surface area (Å²) in [4.78, 5) is 11.6. The van der Waals surface area contributed by atoms with Crippen LogP contribution in [0.2, 0.25) is 0 Å². The number of unbranched alkanes of at least 4 members (excludes halogenated alkanes) is 1. The lowest BCUT2D eigenvalue weighted by Gasteiger charge is -2.10. The molecule has 1 rings (SSSR count). The Morgan fingerprint density at radius 1 is 1.29 bits per heavy atom. The Morgan fingerprint density at radius 2 is 2.00 bits per heavy atom. The molecular weight excluding hydrogens is 238 g/mol. The molecule has 1 aromatic rings. The zero-order valence-electron chi connectivity index (χ0n) is 10.2. The third-order valence-corrected chi connectivity index (χ3v) is 2.87. The van der Waals surface area contributed by atoms with Crippen molar-refractivity contribution in [1.29, 1.82) is 0 Å². The van der Waals surface area contributed by atoms with Gasteiger partial charge in [0.2, 0.25) is 5.91 Å². The number of amides is 1. The number of hydrogen-bond donors (Lipinski definition) is 2. The van der Waals surface area contributed by atoms with Crippen LogP contribution in [0.15, 0.2) is 12.1 Å². The molecular formula is C13H18ClNO2. The van der Waals surface area contributed by atoms with E-state index in [4.69, 9.17) is 11.6 Å². The Bertz CT molecular complexity index is 405. The molecule has 2 N–H and O–H groups in total. The van der Waals surface area contributed by atoms with Gasteiger partial charge in [-0.3, -0.25) is 4.79 Å². The minimum atomic E-state index is -0.0108. The van der Waals surface area contributed by atoms with Crippen LogP contribution < -0.4 is 5.32 Å². The van der Waals surface area contributed by atoms with E-state index in [0.717, 1.165) is 29.7 Å². The van der Waals surface area contributed by atoms with Crippen LogP contribution >= 0.6 is 11.6 Å². The fourth-order valence-electron chi connectivity index (χ4n) is 1.53. The monoisotopic (exact) mass is 255 g/mol. The van der Waals surface area contributed by atoms with Gasteiger partial charge in [0.15, 0.2) is 0 Å².